The summed E-state index contributed by atoms with van der Waals surface area (Å²) < 4.78 is 0.819. The van der Waals surface area contributed by atoms with E-state index in [0.717, 1.165) is 10.2 Å². The summed E-state index contributed by atoms with van der Waals surface area (Å²) in [5, 5.41) is 5.86. The van der Waals surface area contributed by atoms with Crippen molar-refractivity contribution in [3.63, 3.8) is 0 Å². The average molecular weight is 358 g/mol. The topological polar surface area (TPSA) is 42.0 Å². The SMILES string of the molecule is O=C(Nc1nc(C2CC2)cs1)c1cc(Br)ccc1Cl. The van der Waals surface area contributed by atoms with Gasteiger partial charge in [-0.1, -0.05) is 27.5 Å². The largest absolute Gasteiger partial charge is 0.298 e. The predicted octanol–water partition coefficient (Wildman–Crippen LogP) is 4.69. The Labute approximate surface area is 128 Å². The Bertz CT molecular complexity index is 639. The zero-order valence-corrected chi connectivity index (χ0v) is 13.0. The van der Waals surface area contributed by atoms with Gasteiger partial charge in [-0.15, -0.1) is 11.3 Å². The second-order valence-electron chi connectivity index (χ2n) is 4.43. The minimum Gasteiger partial charge on any atom is -0.298 e. The molecule has 0 spiro atoms. The van der Waals surface area contributed by atoms with Gasteiger partial charge < -0.3 is 0 Å². The normalized spacial score (nSPS) is 14.4. The first-order valence-corrected chi connectivity index (χ1v) is 7.90. The van der Waals surface area contributed by atoms with E-state index in [9.17, 15) is 4.79 Å². The summed E-state index contributed by atoms with van der Waals surface area (Å²) in [6, 6.07) is 5.19. The summed E-state index contributed by atoms with van der Waals surface area (Å²) in [7, 11) is 0. The Balaban J connectivity index is 1.77. The molecule has 0 radical (unpaired) electrons. The summed E-state index contributed by atoms with van der Waals surface area (Å²) in [6.45, 7) is 0. The maximum Gasteiger partial charge on any atom is 0.258 e. The van der Waals surface area contributed by atoms with Crippen molar-refractivity contribution in [1.29, 1.82) is 0 Å². The van der Waals surface area contributed by atoms with Crippen LogP contribution in [0.5, 0.6) is 0 Å². The Morgan fingerprint density at radius 2 is 2.26 bits per heavy atom. The van der Waals surface area contributed by atoms with E-state index in [-0.39, 0.29) is 5.91 Å². The van der Waals surface area contributed by atoms with Crippen LogP contribution in [0.2, 0.25) is 5.02 Å². The van der Waals surface area contributed by atoms with Gasteiger partial charge in [0.05, 0.1) is 16.3 Å². The van der Waals surface area contributed by atoms with E-state index < -0.39 is 0 Å². The molecule has 6 heteroatoms. The third kappa shape index (κ3) is 2.99. The van der Waals surface area contributed by atoms with Gasteiger partial charge in [-0.25, -0.2) is 4.98 Å². The maximum absolute atomic E-state index is 12.1. The Morgan fingerprint density at radius 3 is 3.00 bits per heavy atom. The van der Waals surface area contributed by atoms with Gasteiger partial charge in [0.1, 0.15) is 0 Å². The smallest absolute Gasteiger partial charge is 0.258 e. The van der Waals surface area contributed by atoms with Gasteiger partial charge >= 0.3 is 0 Å². The number of thiazole rings is 1. The van der Waals surface area contributed by atoms with Gasteiger partial charge in [-0.2, -0.15) is 0 Å². The molecule has 0 aliphatic heterocycles. The van der Waals surface area contributed by atoms with Gasteiger partial charge in [-0.3, -0.25) is 10.1 Å². The number of amides is 1. The molecule has 0 saturated heterocycles. The monoisotopic (exact) mass is 356 g/mol. The number of rotatable bonds is 3. The van der Waals surface area contributed by atoms with Crippen LogP contribution < -0.4 is 5.32 Å². The molecule has 1 heterocycles. The van der Waals surface area contributed by atoms with Crippen molar-refractivity contribution in [2.75, 3.05) is 5.32 Å². The first-order chi connectivity index (χ1) is 9.13. The molecular weight excluding hydrogens is 348 g/mol. The molecule has 1 amide bonds. The fourth-order valence-corrected chi connectivity index (χ4v) is 3.10. The summed E-state index contributed by atoms with van der Waals surface area (Å²) in [5.74, 6) is 0.361. The van der Waals surface area contributed by atoms with Crippen LogP contribution in [0.4, 0.5) is 5.13 Å². The van der Waals surface area contributed by atoms with E-state index >= 15 is 0 Å². The summed E-state index contributed by atoms with van der Waals surface area (Å²) in [5.41, 5.74) is 1.53. The number of anilines is 1. The second kappa shape index (κ2) is 5.23. The van der Waals surface area contributed by atoms with Gasteiger partial charge in [0, 0.05) is 15.8 Å². The second-order valence-corrected chi connectivity index (χ2v) is 6.61. The van der Waals surface area contributed by atoms with E-state index in [0.29, 0.717) is 21.6 Å². The third-order valence-corrected chi connectivity index (χ3v) is 4.51. The van der Waals surface area contributed by atoms with Crippen molar-refractivity contribution >= 4 is 49.9 Å². The van der Waals surface area contributed by atoms with Crippen molar-refractivity contribution in [3.8, 4) is 0 Å². The minimum absolute atomic E-state index is 0.233. The molecule has 0 unspecified atom stereocenters. The maximum atomic E-state index is 12.1. The van der Waals surface area contributed by atoms with Crippen LogP contribution in [0.25, 0.3) is 0 Å². The highest BCUT2D eigenvalue weighted by Gasteiger charge is 2.26. The highest BCUT2D eigenvalue weighted by atomic mass is 79.9. The first kappa shape index (κ1) is 13.1. The van der Waals surface area contributed by atoms with Crippen LogP contribution in [-0.4, -0.2) is 10.9 Å². The molecule has 98 valence electrons. The highest BCUT2D eigenvalue weighted by molar-refractivity contribution is 9.10. The van der Waals surface area contributed by atoms with Gasteiger partial charge in [-0.05, 0) is 31.0 Å². The number of carbonyl (C=O) groups excluding carboxylic acids is 1. The molecule has 1 N–H and O–H groups in total. The lowest BCUT2D eigenvalue weighted by molar-refractivity contribution is 0.102. The first-order valence-electron chi connectivity index (χ1n) is 5.85. The van der Waals surface area contributed by atoms with Crippen LogP contribution in [0.15, 0.2) is 28.1 Å². The summed E-state index contributed by atoms with van der Waals surface area (Å²) in [6.07, 6.45) is 2.41. The average Bonchev–Trinajstić information content (AvgIpc) is 3.13. The number of benzene rings is 1. The number of aromatic nitrogens is 1. The Kier molecular flexibility index (Phi) is 3.60. The highest BCUT2D eigenvalue weighted by Crippen LogP contribution is 2.40. The molecule has 0 atom stereocenters. The van der Waals surface area contributed by atoms with Crippen molar-refractivity contribution in [2.45, 2.75) is 18.8 Å². The van der Waals surface area contributed by atoms with Crippen molar-refractivity contribution in [3.05, 3.63) is 44.3 Å². The number of carbonyl (C=O) groups is 1. The zero-order chi connectivity index (χ0) is 13.4. The van der Waals surface area contributed by atoms with Crippen LogP contribution in [-0.2, 0) is 0 Å². The Morgan fingerprint density at radius 1 is 1.47 bits per heavy atom. The van der Waals surface area contributed by atoms with Crippen LogP contribution >= 0.6 is 38.9 Å². The van der Waals surface area contributed by atoms with Crippen LogP contribution in [0.3, 0.4) is 0 Å². The van der Waals surface area contributed by atoms with Crippen molar-refractivity contribution < 1.29 is 4.79 Å². The lowest BCUT2D eigenvalue weighted by atomic mass is 10.2. The molecule has 1 aliphatic carbocycles. The molecular formula is C13H10BrClN2OS. The van der Waals surface area contributed by atoms with Gasteiger partial charge in [0.25, 0.3) is 5.91 Å². The van der Waals surface area contributed by atoms with Crippen molar-refractivity contribution in [1.82, 2.24) is 4.98 Å². The van der Waals surface area contributed by atoms with E-state index in [2.05, 4.69) is 26.2 Å². The summed E-state index contributed by atoms with van der Waals surface area (Å²) >= 11 is 10.8. The molecule has 3 rings (SSSR count). The van der Waals surface area contributed by atoms with E-state index in [1.54, 1.807) is 18.2 Å². The molecule has 1 aliphatic rings. The quantitative estimate of drug-likeness (QED) is 0.866. The lowest BCUT2D eigenvalue weighted by Gasteiger charge is -2.04. The minimum atomic E-state index is -0.233. The molecule has 19 heavy (non-hydrogen) atoms. The molecule has 1 aromatic heterocycles. The van der Waals surface area contributed by atoms with E-state index in [4.69, 9.17) is 11.6 Å². The number of hydrogen-bond donors (Lipinski definition) is 1. The fraction of sp³-hybridized carbons (Fsp3) is 0.231. The number of hydrogen-bond acceptors (Lipinski definition) is 3. The fourth-order valence-electron chi connectivity index (χ4n) is 1.75. The standard InChI is InChI=1S/C13H10BrClN2OS/c14-8-3-4-10(15)9(5-8)12(18)17-13-16-11(6-19-13)7-1-2-7/h3-7H,1-2H2,(H,16,17,18). The molecule has 0 bridgehead atoms. The van der Waals surface area contributed by atoms with Gasteiger partial charge in [0.15, 0.2) is 5.13 Å². The zero-order valence-electron chi connectivity index (χ0n) is 9.82. The molecule has 1 saturated carbocycles. The predicted molar refractivity (Wildman–Crippen MR) is 81.2 cm³/mol. The van der Waals surface area contributed by atoms with Gasteiger partial charge in [0.2, 0.25) is 0 Å². The van der Waals surface area contributed by atoms with E-state index in [1.165, 1.54) is 24.2 Å². The summed E-state index contributed by atoms with van der Waals surface area (Å²) in [4.78, 5) is 16.6. The van der Waals surface area contributed by atoms with E-state index in [1.807, 2.05) is 5.38 Å². The number of nitrogens with zero attached hydrogens (tertiary/aromatic N) is 1. The van der Waals surface area contributed by atoms with Crippen LogP contribution in [0, 0.1) is 0 Å². The molecule has 1 fully saturated rings. The molecule has 1 aromatic carbocycles. The third-order valence-electron chi connectivity index (χ3n) is 2.91. The lowest BCUT2D eigenvalue weighted by Crippen LogP contribution is -2.12. The number of nitrogens with one attached hydrogen (secondary N) is 1. The number of halogens is 2. The molecule has 3 nitrogen and oxygen atoms in total. The molecule has 2 aromatic rings. The Hall–Kier alpha value is -0.910. The van der Waals surface area contributed by atoms with Crippen LogP contribution in [0.1, 0.15) is 34.8 Å². The van der Waals surface area contributed by atoms with Crippen molar-refractivity contribution in [2.24, 2.45) is 0 Å².